The van der Waals surface area contributed by atoms with Gasteiger partial charge in [-0.05, 0) is 105 Å². The number of hydrogen-bond donors (Lipinski definition) is 1. The number of nitrogens with zero attached hydrogens (tertiary/aromatic N) is 3. The van der Waals surface area contributed by atoms with Crippen molar-refractivity contribution >= 4 is 32.7 Å². The number of likely N-dealkylation sites (N-methyl/N-ethyl adjacent to an activating group) is 1. The first-order valence-corrected chi connectivity index (χ1v) is 19.3. The van der Waals surface area contributed by atoms with Crippen LogP contribution in [0.15, 0.2) is 36.4 Å². The maximum atomic E-state index is 15.1. The third-order valence-corrected chi connectivity index (χ3v) is 13.7. The van der Waals surface area contributed by atoms with Crippen LogP contribution in [0.1, 0.15) is 97.5 Å². The van der Waals surface area contributed by atoms with Gasteiger partial charge in [0.15, 0.2) is 0 Å². The molecule has 8 nitrogen and oxygen atoms in total. The molecule has 2 aromatic carbocycles. The van der Waals surface area contributed by atoms with Gasteiger partial charge in [-0.3, -0.25) is 9.59 Å². The van der Waals surface area contributed by atoms with E-state index in [1.54, 1.807) is 12.1 Å². The summed E-state index contributed by atoms with van der Waals surface area (Å²) in [6, 6.07) is 11.0. The summed E-state index contributed by atoms with van der Waals surface area (Å²) in [5, 5.41) is 1.04. The number of carbonyl (C=O) groups is 2. The van der Waals surface area contributed by atoms with Crippen molar-refractivity contribution in [3.8, 4) is 11.3 Å². The van der Waals surface area contributed by atoms with E-state index in [0.29, 0.717) is 24.4 Å². The van der Waals surface area contributed by atoms with Gasteiger partial charge in [0.1, 0.15) is 5.82 Å². The van der Waals surface area contributed by atoms with Gasteiger partial charge < -0.3 is 14.4 Å². The Morgan fingerprint density at radius 1 is 0.957 bits per heavy atom. The van der Waals surface area contributed by atoms with E-state index in [4.69, 9.17) is 0 Å². The Bertz CT molecular complexity index is 1920. The maximum absolute atomic E-state index is 15.1. The monoisotopic (exact) mass is 658 g/mol. The first-order chi connectivity index (χ1) is 22.6. The molecule has 5 fully saturated rings. The van der Waals surface area contributed by atoms with Gasteiger partial charge in [0, 0.05) is 59.7 Å². The van der Waals surface area contributed by atoms with Crippen molar-refractivity contribution < 1.29 is 22.4 Å². The van der Waals surface area contributed by atoms with Gasteiger partial charge in [0.25, 0.3) is 5.91 Å². The van der Waals surface area contributed by atoms with Crippen LogP contribution in [0.5, 0.6) is 0 Å². The molecule has 4 atom stereocenters. The highest BCUT2D eigenvalue weighted by Gasteiger charge is 2.65. The number of rotatable bonds is 6. The largest absolute Gasteiger partial charge is 0.339 e. The second kappa shape index (κ2) is 10.6. The van der Waals surface area contributed by atoms with Gasteiger partial charge >= 0.3 is 0 Å². The topological polar surface area (TPSA) is 91.7 Å². The number of hydrogen-bond acceptors (Lipinski definition) is 5. The molecular weight excluding hydrogens is 615 g/mol. The Labute approximate surface area is 275 Å². The van der Waals surface area contributed by atoms with Crippen LogP contribution in [-0.4, -0.2) is 72.6 Å². The highest BCUT2D eigenvalue weighted by atomic mass is 32.2. The molecule has 6 aliphatic rings. The lowest BCUT2D eigenvalue weighted by Crippen LogP contribution is -2.57. The standard InChI is InChI=1S/C37H43FN4O4S/c1-40-18-26-11-12-27(19-40)42(26)36(44)37-17-31(37)30-16-25(38)10-14-28(30)34-33(23-5-3-2-4-6-23)29-13-9-24(15-32(29)41(34)21-37)35(43)39-47(45,46)20-22-7-8-22/h9-10,13-16,22-23,26-27,31H,2-8,11-12,17-21H2,1H3,(H,39,43)/t26?,27?,31-,37-/m0/s1. The minimum atomic E-state index is -3.74. The number of halogens is 1. The molecule has 1 N–H and O–H groups in total. The Balaban J connectivity index is 1.20. The number of benzene rings is 2. The number of amides is 2. The second-order valence-electron chi connectivity index (χ2n) is 15.5. The fourth-order valence-electron chi connectivity index (χ4n) is 9.83. The molecule has 3 aliphatic heterocycles. The van der Waals surface area contributed by atoms with E-state index in [-0.39, 0.29) is 41.4 Å². The molecule has 2 saturated heterocycles. The SMILES string of the molecule is CN1CC2CCC(C1)N2C(=O)[C@]12C[C@H]1c1cc(F)ccc1-c1c(C3CCCCC3)c3ccc(C(=O)NS(=O)(=O)CC4CC4)cc3n1C2. The van der Waals surface area contributed by atoms with E-state index in [9.17, 15) is 18.0 Å². The number of aromatic nitrogens is 1. The van der Waals surface area contributed by atoms with Crippen molar-refractivity contribution in [1.29, 1.82) is 0 Å². The molecule has 3 aliphatic carbocycles. The number of sulfonamides is 1. The van der Waals surface area contributed by atoms with Gasteiger partial charge in [-0.1, -0.05) is 25.3 Å². The molecule has 2 amide bonds. The Hall–Kier alpha value is -3.24. The molecule has 3 aromatic rings. The summed E-state index contributed by atoms with van der Waals surface area (Å²) < 4.78 is 45.2. The molecule has 1 aromatic heterocycles. The van der Waals surface area contributed by atoms with Crippen LogP contribution < -0.4 is 4.72 Å². The Kier molecular flexibility index (Phi) is 6.75. The van der Waals surface area contributed by atoms with E-state index in [1.165, 1.54) is 18.1 Å². The zero-order valence-electron chi connectivity index (χ0n) is 27.0. The molecule has 2 unspecified atom stereocenters. The summed E-state index contributed by atoms with van der Waals surface area (Å²) in [6.45, 7) is 2.21. The molecule has 2 bridgehead atoms. The third-order valence-electron chi connectivity index (χ3n) is 12.3. The lowest BCUT2D eigenvalue weighted by molar-refractivity contribution is -0.143. The summed E-state index contributed by atoms with van der Waals surface area (Å²) in [7, 11) is -1.61. The number of carbonyl (C=O) groups excluding carboxylic acids is 2. The van der Waals surface area contributed by atoms with Crippen molar-refractivity contribution in [1.82, 2.24) is 19.1 Å². The summed E-state index contributed by atoms with van der Waals surface area (Å²) in [5.74, 6) is -0.382. The number of nitrogens with one attached hydrogen (secondary N) is 1. The molecule has 4 heterocycles. The first kappa shape index (κ1) is 29.9. The van der Waals surface area contributed by atoms with Crippen LogP contribution in [0.2, 0.25) is 0 Å². The fourth-order valence-corrected chi connectivity index (χ4v) is 11.3. The van der Waals surface area contributed by atoms with Crippen LogP contribution in [0.25, 0.3) is 22.2 Å². The van der Waals surface area contributed by atoms with Gasteiger partial charge in [-0.15, -0.1) is 0 Å². The third kappa shape index (κ3) is 4.87. The van der Waals surface area contributed by atoms with Crippen LogP contribution in [-0.2, 0) is 21.4 Å². The summed E-state index contributed by atoms with van der Waals surface area (Å²) in [4.78, 5) is 32.8. The highest BCUT2D eigenvalue weighted by molar-refractivity contribution is 7.90. The van der Waals surface area contributed by atoms with E-state index in [2.05, 4.69) is 26.1 Å². The lowest BCUT2D eigenvalue weighted by atomic mass is 9.81. The first-order valence-electron chi connectivity index (χ1n) is 17.6. The summed E-state index contributed by atoms with van der Waals surface area (Å²) in [5.41, 5.74) is 4.63. The molecule has 0 radical (unpaired) electrons. The van der Waals surface area contributed by atoms with E-state index >= 15 is 4.39 Å². The Morgan fingerprint density at radius 3 is 2.43 bits per heavy atom. The van der Waals surface area contributed by atoms with Crippen molar-refractivity contribution in [3.05, 3.63) is 58.9 Å². The predicted molar refractivity (Wildman–Crippen MR) is 178 cm³/mol. The number of likely N-dealkylation sites (tertiary alicyclic amines) is 1. The lowest BCUT2D eigenvalue weighted by Gasteiger charge is -2.41. The van der Waals surface area contributed by atoms with Crippen molar-refractivity contribution in [2.75, 3.05) is 25.9 Å². The molecule has 248 valence electrons. The van der Waals surface area contributed by atoms with Gasteiger partial charge in [-0.25, -0.2) is 17.5 Å². The normalized spacial score (nSPS) is 28.8. The molecule has 47 heavy (non-hydrogen) atoms. The van der Waals surface area contributed by atoms with Crippen LogP contribution in [0.3, 0.4) is 0 Å². The summed E-state index contributed by atoms with van der Waals surface area (Å²) in [6.07, 6.45) is 10.1. The van der Waals surface area contributed by atoms with Crippen LogP contribution in [0.4, 0.5) is 4.39 Å². The van der Waals surface area contributed by atoms with Crippen molar-refractivity contribution in [3.63, 3.8) is 0 Å². The van der Waals surface area contributed by atoms with Gasteiger partial charge in [-0.2, -0.15) is 0 Å². The minimum Gasteiger partial charge on any atom is -0.339 e. The zero-order valence-corrected chi connectivity index (χ0v) is 27.8. The maximum Gasteiger partial charge on any atom is 0.264 e. The van der Waals surface area contributed by atoms with Gasteiger partial charge in [0.2, 0.25) is 15.9 Å². The molecular formula is C37H43FN4O4S. The predicted octanol–water partition coefficient (Wildman–Crippen LogP) is 5.76. The average molecular weight is 659 g/mol. The summed E-state index contributed by atoms with van der Waals surface area (Å²) >= 11 is 0. The number of fused-ring (bicyclic) bond motifs is 9. The second-order valence-corrected chi connectivity index (χ2v) is 17.3. The smallest absolute Gasteiger partial charge is 0.264 e. The fraction of sp³-hybridized carbons (Fsp3) is 0.568. The molecule has 3 saturated carbocycles. The molecule has 9 rings (SSSR count). The number of piperazine rings is 1. The van der Waals surface area contributed by atoms with E-state index in [0.717, 1.165) is 92.2 Å². The van der Waals surface area contributed by atoms with Gasteiger partial charge in [0.05, 0.1) is 16.9 Å². The zero-order chi connectivity index (χ0) is 32.2. The minimum absolute atomic E-state index is 0.0268. The Morgan fingerprint density at radius 2 is 1.70 bits per heavy atom. The quantitative estimate of drug-likeness (QED) is 0.364. The van der Waals surface area contributed by atoms with Crippen molar-refractivity contribution in [2.24, 2.45) is 11.3 Å². The molecule has 10 heteroatoms. The van der Waals surface area contributed by atoms with E-state index < -0.39 is 21.3 Å². The van der Waals surface area contributed by atoms with E-state index in [1.807, 2.05) is 18.2 Å². The molecule has 0 spiro atoms. The average Bonchev–Trinajstić information content (AvgIpc) is 3.95. The highest BCUT2D eigenvalue weighted by Crippen LogP contribution is 2.66. The van der Waals surface area contributed by atoms with Crippen LogP contribution in [0, 0.1) is 17.2 Å². The van der Waals surface area contributed by atoms with Crippen LogP contribution >= 0.6 is 0 Å². The van der Waals surface area contributed by atoms with Crippen molar-refractivity contribution in [2.45, 2.75) is 94.7 Å².